The number of rotatable bonds is 43. The molecule has 0 saturated carbocycles. The minimum atomic E-state index is -4.75. The van der Waals surface area contributed by atoms with E-state index in [2.05, 4.69) is 32.2 Å². The second-order valence-electron chi connectivity index (χ2n) is 17.2. The molecular weight excluding hydrogens is 711 g/mol. The van der Waals surface area contributed by atoms with Crippen LogP contribution in [0, 0.1) is 11.8 Å². The molecule has 2 N–H and O–H groups in total. The van der Waals surface area contributed by atoms with Gasteiger partial charge in [0.05, 0.1) is 6.61 Å². The van der Waals surface area contributed by atoms with Gasteiger partial charge in [-0.1, -0.05) is 227 Å². The Bertz CT molecular complexity index is 891. The number of phosphoric ester groups is 1. The molecule has 0 aliphatic heterocycles. The van der Waals surface area contributed by atoms with Crippen molar-refractivity contribution in [3.8, 4) is 0 Å². The maximum absolute atomic E-state index is 12.4. The summed E-state index contributed by atoms with van der Waals surface area (Å²) in [6.45, 7) is 8.46. The fourth-order valence-electron chi connectivity index (χ4n) is 7.18. The van der Waals surface area contributed by atoms with E-state index < -0.39 is 32.5 Å². The number of hydrogen-bond donors (Lipinski definition) is 2. The molecule has 0 aromatic carbocycles. The molecule has 0 aliphatic carbocycles. The molecule has 8 nitrogen and oxygen atoms in total. The first-order chi connectivity index (χ1) is 26.5. The second kappa shape index (κ2) is 39.9. The molecule has 0 spiro atoms. The van der Waals surface area contributed by atoms with Crippen molar-refractivity contribution in [2.24, 2.45) is 11.8 Å². The molecule has 1 unspecified atom stereocenters. The van der Waals surface area contributed by atoms with Gasteiger partial charge in [0.15, 0.2) is 6.10 Å². The maximum Gasteiger partial charge on any atom is 0.469 e. The minimum absolute atomic E-state index is 0.219. The highest BCUT2D eigenvalue weighted by molar-refractivity contribution is 7.46. The lowest BCUT2D eigenvalue weighted by Crippen LogP contribution is -2.29. The van der Waals surface area contributed by atoms with E-state index in [4.69, 9.17) is 19.3 Å². The van der Waals surface area contributed by atoms with Crippen LogP contribution >= 0.6 is 7.82 Å². The number of esters is 2. The summed E-state index contributed by atoms with van der Waals surface area (Å²) in [6, 6.07) is 0. The molecule has 0 aliphatic rings. The first-order valence-electron chi connectivity index (χ1n) is 23.6. The Morgan fingerprint density at radius 1 is 0.473 bits per heavy atom. The van der Waals surface area contributed by atoms with Crippen LogP contribution in [0.2, 0.25) is 0 Å². The Morgan fingerprint density at radius 3 is 1.15 bits per heavy atom. The summed E-state index contributed by atoms with van der Waals surface area (Å²) in [6.07, 6.45) is 41.1. The molecular formula is C46H91O8P. The van der Waals surface area contributed by atoms with E-state index in [-0.39, 0.29) is 19.4 Å². The smallest absolute Gasteiger partial charge is 0.462 e. The maximum atomic E-state index is 12.4. The zero-order chi connectivity index (χ0) is 40.7. The topological polar surface area (TPSA) is 119 Å². The van der Waals surface area contributed by atoms with Crippen LogP contribution < -0.4 is 0 Å². The van der Waals surface area contributed by atoms with Crippen LogP contribution in [0.15, 0.2) is 0 Å². The van der Waals surface area contributed by atoms with Gasteiger partial charge in [0.1, 0.15) is 6.61 Å². The van der Waals surface area contributed by atoms with E-state index >= 15 is 0 Å². The highest BCUT2D eigenvalue weighted by Gasteiger charge is 2.23. The van der Waals surface area contributed by atoms with Crippen LogP contribution in [0.1, 0.15) is 252 Å². The van der Waals surface area contributed by atoms with Crippen LogP contribution in [0.3, 0.4) is 0 Å². The summed E-state index contributed by atoms with van der Waals surface area (Å²) in [5.41, 5.74) is 0. The SMILES string of the molecule is CCC(C)CCCCCCCCCCCCCCCCC(=O)O[C@H](COC(=O)CCCCCCCCCCCCCCCCCCC(C)C)COP(=O)(O)O. The Hall–Kier alpha value is -0.950. The normalized spacial score (nSPS) is 13.0. The monoisotopic (exact) mass is 803 g/mol. The van der Waals surface area contributed by atoms with Gasteiger partial charge in [-0.05, 0) is 24.7 Å². The number of carbonyl (C=O) groups is 2. The average molecular weight is 803 g/mol. The van der Waals surface area contributed by atoms with Gasteiger partial charge >= 0.3 is 19.8 Å². The molecule has 2 atom stereocenters. The van der Waals surface area contributed by atoms with Gasteiger partial charge in [0, 0.05) is 12.8 Å². The lowest BCUT2D eigenvalue weighted by Gasteiger charge is -2.18. The van der Waals surface area contributed by atoms with Gasteiger partial charge in [-0.2, -0.15) is 0 Å². The predicted molar refractivity (Wildman–Crippen MR) is 230 cm³/mol. The van der Waals surface area contributed by atoms with Gasteiger partial charge < -0.3 is 19.3 Å². The van der Waals surface area contributed by atoms with Crippen LogP contribution in [0.25, 0.3) is 0 Å². The number of ether oxygens (including phenoxy) is 2. The van der Waals surface area contributed by atoms with E-state index in [1.807, 2.05) is 0 Å². The van der Waals surface area contributed by atoms with Gasteiger partial charge in [-0.15, -0.1) is 0 Å². The number of hydrogen-bond acceptors (Lipinski definition) is 6. The van der Waals surface area contributed by atoms with E-state index in [9.17, 15) is 14.2 Å². The fourth-order valence-corrected chi connectivity index (χ4v) is 7.54. The van der Waals surface area contributed by atoms with Gasteiger partial charge in [0.2, 0.25) is 0 Å². The summed E-state index contributed by atoms with van der Waals surface area (Å²) < 4.78 is 26.5. The van der Waals surface area contributed by atoms with Crippen molar-refractivity contribution >= 4 is 19.8 Å². The molecule has 9 heteroatoms. The molecule has 0 fully saturated rings. The van der Waals surface area contributed by atoms with Crippen molar-refractivity contribution < 1.29 is 37.9 Å². The summed E-state index contributed by atoms with van der Waals surface area (Å²) in [7, 11) is -4.75. The Morgan fingerprint density at radius 2 is 0.800 bits per heavy atom. The summed E-state index contributed by atoms with van der Waals surface area (Å²) >= 11 is 0. The van der Waals surface area contributed by atoms with E-state index in [0.717, 1.165) is 43.9 Å². The first-order valence-corrected chi connectivity index (χ1v) is 25.1. The van der Waals surface area contributed by atoms with Crippen LogP contribution in [-0.2, 0) is 28.2 Å². The number of unbranched alkanes of at least 4 members (excludes halogenated alkanes) is 28. The molecule has 0 radical (unpaired) electrons. The van der Waals surface area contributed by atoms with Crippen LogP contribution in [0.4, 0.5) is 0 Å². The summed E-state index contributed by atoms with van der Waals surface area (Å²) in [5, 5.41) is 0. The molecule has 0 bridgehead atoms. The largest absolute Gasteiger partial charge is 0.469 e. The van der Waals surface area contributed by atoms with Gasteiger partial charge in [-0.25, -0.2) is 4.57 Å². The average Bonchev–Trinajstić information content (AvgIpc) is 3.14. The first kappa shape index (κ1) is 54.0. The van der Waals surface area contributed by atoms with Crippen LogP contribution in [0.5, 0.6) is 0 Å². The minimum Gasteiger partial charge on any atom is -0.462 e. The second-order valence-corrected chi connectivity index (χ2v) is 18.4. The molecule has 0 aromatic rings. The molecule has 55 heavy (non-hydrogen) atoms. The molecule has 0 aromatic heterocycles. The van der Waals surface area contributed by atoms with E-state index in [0.29, 0.717) is 6.42 Å². The lowest BCUT2D eigenvalue weighted by molar-refractivity contribution is -0.161. The molecule has 328 valence electrons. The van der Waals surface area contributed by atoms with E-state index in [1.165, 1.54) is 173 Å². The predicted octanol–water partition coefficient (Wildman–Crippen LogP) is 14.5. The Balaban J connectivity index is 3.81. The third kappa shape index (κ3) is 44.0. The molecule has 0 amide bonds. The highest BCUT2D eigenvalue weighted by atomic mass is 31.2. The van der Waals surface area contributed by atoms with Gasteiger partial charge in [-0.3, -0.25) is 14.1 Å². The van der Waals surface area contributed by atoms with Crippen molar-refractivity contribution in [2.45, 2.75) is 259 Å². The zero-order valence-electron chi connectivity index (χ0n) is 36.7. The Labute approximate surface area is 340 Å². The fraction of sp³-hybridized carbons (Fsp3) is 0.957. The van der Waals surface area contributed by atoms with E-state index in [1.54, 1.807) is 0 Å². The third-order valence-corrected chi connectivity index (χ3v) is 11.6. The standard InChI is InChI=1S/C46H91O8P/c1-5-43(4)37-33-29-25-21-17-13-10-11-15-19-23-27-31-35-39-46(48)54-44(41-53-55(49,50)51)40-52-45(47)38-34-30-26-22-18-14-9-7-6-8-12-16-20-24-28-32-36-42(2)3/h42-44H,5-41H2,1-4H3,(H2,49,50,51)/t43?,44-/m1/s1. The van der Waals surface area contributed by atoms with Gasteiger partial charge in [0.25, 0.3) is 0 Å². The van der Waals surface area contributed by atoms with Crippen molar-refractivity contribution in [3.05, 3.63) is 0 Å². The van der Waals surface area contributed by atoms with Crippen molar-refractivity contribution in [1.82, 2.24) is 0 Å². The molecule has 0 rings (SSSR count). The molecule has 0 heterocycles. The lowest BCUT2D eigenvalue weighted by atomic mass is 9.99. The molecule has 0 saturated heterocycles. The number of phosphoric acid groups is 1. The van der Waals surface area contributed by atoms with Crippen molar-refractivity contribution in [2.75, 3.05) is 13.2 Å². The number of carbonyl (C=O) groups excluding carboxylic acids is 2. The third-order valence-electron chi connectivity index (χ3n) is 11.1. The van der Waals surface area contributed by atoms with Crippen LogP contribution in [-0.4, -0.2) is 41.0 Å². The Kier molecular flexibility index (Phi) is 39.2. The van der Waals surface area contributed by atoms with Crippen molar-refractivity contribution in [3.63, 3.8) is 0 Å². The summed E-state index contributed by atoms with van der Waals surface area (Å²) in [5.74, 6) is 0.858. The highest BCUT2D eigenvalue weighted by Crippen LogP contribution is 2.36. The summed E-state index contributed by atoms with van der Waals surface area (Å²) in [4.78, 5) is 43.0. The van der Waals surface area contributed by atoms with Crippen molar-refractivity contribution in [1.29, 1.82) is 0 Å². The quantitative estimate of drug-likeness (QED) is 0.0355. The zero-order valence-corrected chi connectivity index (χ0v) is 37.6.